The summed E-state index contributed by atoms with van der Waals surface area (Å²) in [5.74, 6) is 1.21. The molecule has 0 radical (unpaired) electrons. The van der Waals surface area contributed by atoms with Crippen molar-refractivity contribution in [2.75, 3.05) is 39.8 Å². The zero-order valence-corrected chi connectivity index (χ0v) is 13.0. The zero-order valence-electron chi connectivity index (χ0n) is 13.0. The van der Waals surface area contributed by atoms with Crippen LogP contribution in [0.4, 0.5) is 0 Å². The summed E-state index contributed by atoms with van der Waals surface area (Å²) in [4.78, 5) is 26.7. The molecule has 0 bridgehead atoms. The highest BCUT2D eigenvalue weighted by atomic mass is 16.2. The van der Waals surface area contributed by atoms with Crippen molar-refractivity contribution in [1.82, 2.24) is 24.7 Å². The van der Waals surface area contributed by atoms with Crippen molar-refractivity contribution in [3.63, 3.8) is 0 Å². The van der Waals surface area contributed by atoms with Gasteiger partial charge >= 0.3 is 0 Å². The maximum atomic E-state index is 12.6. The number of H-pyrrole nitrogens is 1. The van der Waals surface area contributed by atoms with E-state index < -0.39 is 0 Å². The van der Waals surface area contributed by atoms with E-state index in [0.29, 0.717) is 12.6 Å². The number of amides is 1. The van der Waals surface area contributed by atoms with Gasteiger partial charge in [0.25, 0.3) is 0 Å². The van der Waals surface area contributed by atoms with Gasteiger partial charge in [-0.15, -0.1) is 0 Å². The predicted molar refractivity (Wildman–Crippen MR) is 80.8 cm³/mol. The molecule has 116 valence electrons. The average Bonchev–Trinajstić information content (AvgIpc) is 3.19. The van der Waals surface area contributed by atoms with Crippen LogP contribution in [-0.4, -0.2) is 76.4 Å². The Hall–Kier alpha value is -1.40. The highest BCUT2D eigenvalue weighted by Crippen LogP contribution is 2.27. The summed E-state index contributed by atoms with van der Waals surface area (Å²) in [6.07, 6.45) is 6.11. The van der Waals surface area contributed by atoms with E-state index in [2.05, 4.69) is 33.7 Å². The molecule has 0 unspecified atom stereocenters. The minimum atomic E-state index is 0.175. The molecule has 1 saturated carbocycles. The topological polar surface area (TPSA) is 55.5 Å². The van der Waals surface area contributed by atoms with Crippen molar-refractivity contribution in [2.45, 2.75) is 31.8 Å². The van der Waals surface area contributed by atoms with E-state index in [-0.39, 0.29) is 11.9 Å². The van der Waals surface area contributed by atoms with Crippen molar-refractivity contribution in [3.8, 4) is 0 Å². The molecule has 1 N–H and O–H groups in total. The Morgan fingerprint density at radius 1 is 1.48 bits per heavy atom. The Morgan fingerprint density at radius 3 is 2.90 bits per heavy atom. The lowest BCUT2D eigenvalue weighted by atomic mass is 10.1. The number of rotatable bonds is 5. The van der Waals surface area contributed by atoms with Crippen molar-refractivity contribution in [3.05, 3.63) is 18.2 Å². The van der Waals surface area contributed by atoms with Crippen molar-refractivity contribution in [2.24, 2.45) is 0 Å². The quantitative estimate of drug-likeness (QED) is 0.868. The maximum absolute atomic E-state index is 12.6. The summed E-state index contributed by atoms with van der Waals surface area (Å²) in [5, 5.41) is 0. The molecule has 0 spiro atoms. The van der Waals surface area contributed by atoms with Crippen LogP contribution >= 0.6 is 0 Å². The zero-order chi connectivity index (χ0) is 14.8. The molecule has 1 aliphatic heterocycles. The SMILES string of the molecule is CCN(CC(=O)N1CCN(C)[C@@H](c2ncc[nH]2)C1)C1CC1. The second-order valence-electron chi connectivity index (χ2n) is 6.10. The van der Waals surface area contributed by atoms with Crippen molar-refractivity contribution >= 4 is 5.91 Å². The summed E-state index contributed by atoms with van der Waals surface area (Å²) >= 11 is 0. The highest BCUT2D eigenvalue weighted by Gasteiger charge is 2.33. The van der Waals surface area contributed by atoms with Crippen LogP contribution in [0.1, 0.15) is 31.6 Å². The molecule has 2 heterocycles. The van der Waals surface area contributed by atoms with Gasteiger partial charge in [0.1, 0.15) is 5.82 Å². The number of likely N-dealkylation sites (N-methyl/N-ethyl adjacent to an activating group) is 2. The normalized spacial score (nSPS) is 23.8. The number of hydrogen-bond donors (Lipinski definition) is 1. The van der Waals surface area contributed by atoms with Crippen LogP contribution < -0.4 is 0 Å². The molecule has 6 nitrogen and oxygen atoms in total. The lowest BCUT2D eigenvalue weighted by Gasteiger charge is -2.39. The molecule has 1 amide bonds. The molecule has 1 aromatic heterocycles. The number of carbonyl (C=O) groups excluding carboxylic acids is 1. The predicted octanol–water partition coefficient (Wildman–Crippen LogP) is 0.709. The van der Waals surface area contributed by atoms with Crippen LogP contribution in [0.15, 0.2) is 12.4 Å². The molecule has 1 aliphatic carbocycles. The molecule has 0 aromatic carbocycles. The molecule has 6 heteroatoms. The van der Waals surface area contributed by atoms with Gasteiger partial charge in [-0.3, -0.25) is 14.6 Å². The first-order valence-electron chi connectivity index (χ1n) is 7.90. The third-order valence-corrected chi connectivity index (χ3v) is 4.64. The smallest absolute Gasteiger partial charge is 0.236 e. The van der Waals surface area contributed by atoms with E-state index in [1.807, 2.05) is 11.1 Å². The molecular weight excluding hydrogens is 266 g/mol. The Balaban J connectivity index is 1.61. The number of carbonyl (C=O) groups is 1. The molecular formula is C15H25N5O. The van der Waals surface area contributed by atoms with Gasteiger partial charge in [-0.05, 0) is 26.4 Å². The van der Waals surface area contributed by atoms with E-state index in [1.54, 1.807) is 6.20 Å². The van der Waals surface area contributed by atoms with Gasteiger partial charge in [0.15, 0.2) is 0 Å². The minimum Gasteiger partial charge on any atom is -0.347 e. The third kappa shape index (κ3) is 3.27. The van der Waals surface area contributed by atoms with E-state index in [0.717, 1.165) is 32.0 Å². The lowest BCUT2D eigenvalue weighted by molar-refractivity contribution is -0.135. The second kappa shape index (κ2) is 6.15. The van der Waals surface area contributed by atoms with Gasteiger partial charge in [0.05, 0.1) is 12.6 Å². The lowest BCUT2D eigenvalue weighted by Crippen LogP contribution is -2.51. The number of hydrogen-bond acceptors (Lipinski definition) is 4. The van der Waals surface area contributed by atoms with Crippen LogP contribution in [0.5, 0.6) is 0 Å². The summed E-state index contributed by atoms with van der Waals surface area (Å²) < 4.78 is 0. The first kappa shape index (κ1) is 14.5. The summed E-state index contributed by atoms with van der Waals surface area (Å²) in [6.45, 7) is 6.11. The molecule has 21 heavy (non-hydrogen) atoms. The molecule has 1 saturated heterocycles. The second-order valence-corrected chi connectivity index (χ2v) is 6.10. The molecule has 2 aliphatic rings. The van der Waals surface area contributed by atoms with Crippen molar-refractivity contribution in [1.29, 1.82) is 0 Å². The number of nitrogens with zero attached hydrogens (tertiary/aromatic N) is 4. The number of nitrogens with one attached hydrogen (secondary N) is 1. The Labute approximate surface area is 126 Å². The van der Waals surface area contributed by atoms with E-state index in [9.17, 15) is 4.79 Å². The highest BCUT2D eigenvalue weighted by molar-refractivity contribution is 5.78. The first-order valence-corrected chi connectivity index (χ1v) is 7.90. The molecule has 1 aromatic rings. The standard InChI is InChI=1S/C15H25N5O/c1-3-19(12-4-5-12)11-14(21)20-9-8-18(2)13(10-20)15-16-6-7-17-15/h6-7,12-13H,3-5,8-11H2,1-2H3,(H,16,17)/t13-/m1/s1. The number of aromatic amines is 1. The first-order chi connectivity index (χ1) is 10.2. The largest absolute Gasteiger partial charge is 0.347 e. The van der Waals surface area contributed by atoms with E-state index >= 15 is 0 Å². The van der Waals surface area contributed by atoms with E-state index in [4.69, 9.17) is 0 Å². The fourth-order valence-electron chi connectivity index (χ4n) is 3.07. The van der Waals surface area contributed by atoms with E-state index in [1.165, 1.54) is 12.8 Å². The van der Waals surface area contributed by atoms with Gasteiger partial charge in [0, 0.05) is 38.1 Å². The third-order valence-electron chi connectivity index (χ3n) is 4.64. The summed E-state index contributed by atoms with van der Waals surface area (Å²) in [5.41, 5.74) is 0. The monoisotopic (exact) mass is 291 g/mol. The van der Waals surface area contributed by atoms with Crippen molar-refractivity contribution < 1.29 is 4.79 Å². The minimum absolute atomic E-state index is 0.175. The Bertz CT molecular complexity index is 470. The average molecular weight is 291 g/mol. The van der Waals surface area contributed by atoms with Crippen LogP contribution in [-0.2, 0) is 4.79 Å². The van der Waals surface area contributed by atoms with Crippen LogP contribution in [0.3, 0.4) is 0 Å². The Morgan fingerprint density at radius 2 is 2.29 bits per heavy atom. The molecule has 1 atom stereocenters. The fourth-order valence-corrected chi connectivity index (χ4v) is 3.07. The van der Waals surface area contributed by atoms with Gasteiger partial charge in [-0.2, -0.15) is 0 Å². The van der Waals surface area contributed by atoms with Crippen LogP contribution in [0, 0.1) is 0 Å². The van der Waals surface area contributed by atoms with Gasteiger partial charge in [-0.1, -0.05) is 6.92 Å². The van der Waals surface area contributed by atoms with Gasteiger partial charge < -0.3 is 9.88 Å². The number of imidazole rings is 1. The number of aromatic nitrogens is 2. The summed E-state index contributed by atoms with van der Waals surface area (Å²) in [6, 6.07) is 0.820. The maximum Gasteiger partial charge on any atom is 0.236 e. The van der Waals surface area contributed by atoms with Gasteiger partial charge in [0.2, 0.25) is 5.91 Å². The summed E-state index contributed by atoms with van der Waals surface area (Å²) in [7, 11) is 2.09. The molecule has 3 rings (SSSR count). The fraction of sp³-hybridized carbons (Fsp3) is 0.733. The molecule has 2 fully saturated rings. The van der Waals surface area contributed by atoms with Crippen LogP contribution in [0.25, 0.3) is 0 Å². The van der Waals surface area contributed by atoms with Crippen LogP contribution in [0.2, 0.25) is 0 Å². The number of piperazine rings is 1. The van der Waals surface area contributed by atoms with Gasteiger partial charge in [-0.25, -0.2) is 4.98 Å². The Kier molecular flexibility index (Phi) is 4.26.